The van der Waals surface area contributed by atoms with E-state index in [0.29, 0.717) is 0 Å². The first-order valence-electron chi connectivity index (χ1n) is 15.9. The fourth-order valence-corrected chi connectivity index (χ4v) is 6.38. The van der Waals surface area contributed by atoms with Gasteiger partial charge in [0.15, 0.2) is 0 Å². The molecule has 6 atom stereocenters. The predicted molar refractivity (Wildman–Crippen MR) is 174 cm³/mol. The molecule has 12 nitrogen and oxygen atoms in total. The van der Waals surface area contributed by atoms with E-state index in [2.05, 4.69) is 10.6 Å². The van der Waals surface area contributed by atoms with Gasteiger partial charge < -0.3 is 40.3 Å². The molecule has 1 aliphatic heterocycles. The number of hydrogen-bond donors (Lipinski definition) is 5. The van der Waals surface area contributed by atoms with E-state index in [1.807, 2.05) is 54.6 Å². The number of hydrogen-bond acceptors (Lipinski definition) is 9. The second-order valence-electron chi connectivity index (χ2n) is 12.4. The molecule has 5 N–H and O–H groups in total. The first-order valence-corrected chi connectivity index (χ1v) is 15.9. The third-order valence-corrected chi connectivity index (χ3v) is 8.93. The fraction of sp³-hybridized carbons (Fsp3) is 0.389. The van der Waals surface area contributed by atoms with Crippen molar-refractivity contribution in [3.05, 3.63) is 95.6 Å². The first kappa shape index (κ1) is 34.6. The van der Waals surface area contributed by atoms with E-state index in [-0.39, 0.29) is 19.1 Å². The van der Waals surface area contributed by atoms with Crippen LogP contribution in [0.2, 0.25) is 0 Å². The number of carbonyl (C=O) groups excluding carboxylic acids is 4. The lowest BCUT2D eigenvalue weighted by Gasteiger charge is -2.32. The Labute approximate surface area is 278 Å². The normalized spacial score (nSPS) is 21.2. The molecule has 1 saturated heterocycles. The molecular weight excluding hydrogens is 618 g/mol. The van der Waals surface area contributed by atoms with Gasteiger partial charge in [0.2, 0.25) is 11.8 Å². The molecule has 0 unspecified atom stereocenters. The van der Waals surface area contributed by atoms with E-state index < -0.39 is 72.8 Å². The van der Waals surface area contributed by atoms with Crippen molar-refractivity contribution >= 4 is 23.9 Å². The minimum Gasteiger partial charge on any atom is -0.459 e. The summed E-state index contributed by atoms with van der Waals surface area (Å²) in [6, 6.07) is 19.2. The summed E-state index contributed by atoms with van der Waals surface area (Å²) in [4.78, 5) is 54.1. The highest BCUT2D eigenvalue weighted by Gasteiger charge is 2.54. The fourth-order valence-electron chi connectivity index (χ4n) is 6.38. The summed E-state index contributed by atoms with van der Waals surface area (Å²) in [6.07, 6.45) is -4.36. The minimum atomic E-state index is -1.79. The number of fused-ring (bicyclic) bond motifs is 3. The van der Waals surface area contributed by atoms with E-state index in [4.69, 9.17) is 9.47 Å². The summed E-state index contributed by atoms with van der Waals surface area (Å²) in [6.45, 7) is 3.94. The maximum Gasteiger partial charge on any atom is 0.407 e. The molecule has 0 bridgehead atoms. The summed E-state index contributed by atoms with van der Waals surface area (Å²) < 4.78 is 11.0. The molecule has 1 aliphatic carbocycles. The van der Waals surface area contributed by atoms with Gasteiger partial charge >= 0.3 is 12.1 Å². The number of rotatable bonds is 11. The Hall–Kier alpha value is -4.78. The predicted octanol–water partition coefficient (Wildman–Crippen LogP) is 2.09. The average molecular weight is 660 g/mol. The number of aliphatic hydroxyl groups excluding tert-OH is 3. The SMILES string of the molecule is CC(C)[C@H](NC(=O)[C@H]1[C@H](O)[C@H](O)[C@@H](CO)N1C(=O)[C@@H](C)NC(=O)OCC1c2ccccc2-c2ccccc21)C(=O)OCc1ccccc1. The van der Waals surface area contributed by atoms with Gasteiger partial charge in [0.1, 0.15) is 43.5 Å². The summed E-state index contributed by atoms with van der Waals surface area (Å²) in [5, 5.41) is 36.7. The lowest BCUT2D eigenvalue weighted by atomic mass is 9.98. The van der Waals surface area contributed by atoms with Crippen LogP contribution in [0, 0.1) is 5.92 Å². The Bertz CT molecular complexity index is 1590. The lowest BCUT2D eigenvalue weighted by Crippen LogP contribution is -2.59. The number of aliphatic hydroxyl groups is 3. The van der Waals surface area contributed by atoms with Crippen LogP contribution in [0.15, 0.2) is 78.9 Å². The number of likely N-dealkylation sites (tertiary alicyclic amines) is 1. The van der Waals surface area contributed by atoms with Crippen molar-refractivity contribution in [1.29, 1.82) is 0 Å². The van der Waals surface area contributed by atoms with E-state index in [1.165, 1.54) is 6.92 Å². The van der Waals surface area contributed by atoms with Crippen molar-refractivity contribution in [3.63, 3.8) is 0 Å². The number of alkyl carbamates (subject to hydrolysis) is 1. The van der Waals surface area contributed by atoms with E-state index >= 15 is 0 Å². The standard InChI is InChI=1S/C36H41N3O9/c1-20(2)29(35(45)47-18-22-11-5-4-6-12-22)38-33(43)30-32(42)31(41)28(17-40)39(30)34(44)21(3)37-36(46)48-19-27-25-15-9-7-13-23(25)24-14-8-10-16-26(24)27/h4-16,20-21,27-32,40-42H,17-19H2,1-3H3,(H,37,46)(H,38,43)/t21-,28-,29+,30-,31-,32+/m1/s1. The number of amides is 3. The molecule has 1 heterocycles. The highest BCUT2D eigenvalue weighted by molar-refractivity contribution is 5.94. The monoisotopic (exact) mass is 659 g/mol. The molecule has 48 heavy (non-hydrogen) atoms. The van der Waals surface area contributed by atoms with Gasteiger partial charge in [-0.15, -0.1) is 0 Å². The van der Waals surface area contributed by atoms with E-state index in [9.17, 15) is 34.5 Å². The zero-order chi connectivity index (χ0) is 34.5. The van der Waals surface area contributed by atoms with Gasteiger partial charge in [-0.3, -0.25) is 9.59 Å². The smallest absolute Gasteiger partial charge is 0.407 e. The molecule has 0 saturated carbocycles. The van der Waals surface area contributed by atoms with Crippen LogP contribution in [0.3, 0.4) is 0 Å². The van der Waals surface area contributed by atoms with E-state index in [0.717, 1.165) is 32.7 Å². The van der Waals surface area contributed by atoms with Crippen molar-refractivity contribution in [2.75, 3.05) is 13.2 Å². The highest BCUT2D eigenvalue weighted by atomic mass is 16.5. The van der Waals surface area contributed by atoms with Crippen LogP contribution in [0.25, 0.3) is 11.1 Å². The number of carbonyl (C=O) groups is 4. The lowest BCUT2D eigenvalue weighted by molar-refractivity contribution is -0.152. The average Bonchev–Trinajstić information content (AvgIpc) is 3.55. The molecule has 3 aromatic carbocycles. The van der Waals surface area contributed by atoms with Crippen LogP contribution in [0.1, 0.15) is 43.4 Å². The molecule has 2 aliphatic rings. The van der Waals surface area contributed by atoms with Crippen molar-refractivity contribution < 1.29 is 44.0 Å². The van der Waals surface area contributed by atoms with Gasteiger partial charge in [-0.2, -0.15) is 0 Å². The molecule has 3 amide bonds. The minimum absolute atomic E-state index is 0.00315. The largest absolute Gasteiger partial charge is 0.459 e. The second-order valence-corrected chi connectivity index (χ2v) is 12.4. The van der Waals surface area contributed by atoms with Gasteiger partial charge in [-0.1, -0.05) is 92.7 Å². The molecule has 0 radical (unpaired) electrons. The first-order chi connectivity index (χ1) is 23.0. The zero-order valence-electron chi connectivity index (χ0n) is 27.0. The van der Waals surface area contributed by atoms with Gasteiger partial charge in [0.05, 0.1) is 12.6 Å². The molecule has 3 aromatic rings. The summed E-state index contributed by atoms with van der Waals surface area (Å²) in [7, 11) is 0. The van der Waals surface area contributed by atoms with Gasteiger partial charge in [0, 0.05) is 5.92 Å². The van der Waals surface area contributed by atoms with Gasteiger partial charge in [-0.25, -0.2) is 9.59 Å². The Morgan fingerprint density at radius 3 is 1.96 bits per heavy atom. The van der Waals surface area contributed by atoms with Crippen molar-refractivity contribution in [3.8, 4) is 11.1 Å². The van der Waals surface area contributed by atoms with Crippen molar-refractivity contribution in [2.24, 2.45) is 5.92 Å². The third-order valence-electron chi connectivity index (χ3n) is 8.93. The number of esters is 1. The summed E-state index contributed by atoms with van der Waals surface area (Å²) in [5.41, 5.74) is 4.88. The summed E-state index contributed by atoms with van der Waals surface area (Å²) >= 11 is 0. The number of nitrogens with zero attached hydrogens (tertiary/aromatic N) is 1. The number of benzene rings is 3. The quantitative estimate of drug-likeness (QED) is 0.193. The van der Waals surface area contributed by atoms with Crippen LogP contribution < -0.4 is 10.6 Å². The van der Waals surface area contributed by atoms with Crippen LogP contribution in [0.5, 0.6) is 0 Å². The van der Waals surface area contributed by atoms with Crippen LogP contribution in [-0.2, 0) is 30.5 Å². The highest BCUT2D eigenvalue weighted by Crippen LogP contribution is 2.44. The Kier molecular flexibility index (Phi) is 10.8. The number of nitrogens with one attached hydrogen (secondary N) is 2. The zero-order valence-corrected chi connectivity index (χ0v) is 27.0. The van der Waals surface area contributed by atoms with Crippen LogP contribution in [-0.4, -0.2) is 93.7 Å². The third kappa shape index (κ3) is 7.05. The molecule has 5 rings (SSSR count). The number of ether oxygens (including phenoxy) is 2. The topological polar surface area (TPSA) is 175 Å². The Morgan fingerprint density at radius 1 is 0.792 bits per heavy atom. The maximum atomic E-state index is 13.7. The molecule has 0 spiro atoms. The maximum absolute atomic E-state index is 13.7. The van der Waals surface area contributed by atoms with Gasteiger partial charge in [-0.05, 0) is 40.7 Å². The van der Waals surface area contributed by atoms with Crippen molar-refractivity contribution in [2.45, 2.75) is 69.7 Å². The molecular formula is C36H41N3O9. The molecule has 12 heteroatoms. The van der Waals surface area contributed by atoms with Gasteiger partial charge in [0.25, 0.3) is 0 Å². The second kappa shape index (κ2) is 15.0. The molecule has 0 aromatic heterocycles. The van der Waals surface area contributed by atoms with E-state index in [1.54, 1.807) is 38.1 Å². The van der Waals surface area contributed by atoms with Crippen molar-refractivity contribution in [1.82, 2.24) is 15.5 Å². The molecule has 1 fully saturated rings. The Morgan fingerprint density at radius 2 is 1.38 bits per heavy atom. The molecule has 254 valence electrons. The van der Waals surface area contributed by atoms with Crippen LogP contribution >= 0.6 is 0 Å². The van der Waals surface area contributed by atoms with Crippen LogP contribution in [0.4, 0.5) is 4.79 Å². The Balaban J connectivity index is 1.24. The summed E-state index contributed by atoms with van der Waals surface area (Å²) in [5.74, 6) is -3.16.